The average Bonchev–Trinajstić information content (AvgIpc) is 2.74. The highest BCUT2D eigenvalue weighted by Gasteiger charge is 1.85. The number of nitrogens with one attached hydrogen (secondary N) is 1. The topological polar surface area (TPSA) is 58.9 Å². The first-order valence-corrected chi connectivity index (χ1v) is 3.47. The van der Waals surface area contributed by atoms with Gasteiger partial charge in [-0.2, -0.15) is 5.10 Å². The van der Waals surface area contributed by atoms with Crippen molar-refractivity contribution < 1.29 is 0 Å². The Labute approximate surface area is 68.8 Å². The van der Waals surface area contributed by atoms with E-state index in [0.29, 0.717) is 0 Å². The molecule has 0 saturated heterocycles. The average molecular weight is 161 g/mol. The first-order chi connectivity index (χ1) is 5.95. The second-order valence-corrected chi connectivity index (χ2v) is 2.21. The van der Waals surface area contributed by atoms with Crippen LogP contribution in [0.3, 0.4) is 0 Å². The zero-order valence-electron chi connectivity index (χ0n) is 6.25. The Morgan fingerprint density at radius 2 is 2.25 bits per heavy atom. The number of aromatic nitrogens is 4. The van der Waals surface area contributed by atoms with Crippen molar-refractivity contribution >= 4 is 6.21 Å². The zero-order chi connectivity index (χ0) is 8.23. The van der Waals surface area contributed by atoms with Gasteiger partial charge in [-0.1, -0.05) is 0 Å². The minimum Gasteiger partial charge on any atom is -0.360 e. The summed E-state index contributed by atoms with van der Waals surface area (Å²) in [6.07, 6.45) is 6.59. The summed E-state index contributed by atoms with van der Waals surface area (Å²) in [4.78, 5) is 3.00. The van der Waals surface area contributed by atoms with Gasteiger partial charge in [-0.15, -0.1) is 10.2 Å². The molecule has 0 unspecified atom stereocenters. The van der Waals surface area contributed by atoms with Crippen LogP contribution in [-0.2, 0) is 0 Å². The molecule has 0 amide bonds. The molecule has 0 aliphatic heterocycles. The van der Waals surface area contributed by atoms with Crippen LogP contribution in [0.1, 0.15) is 5.69 Å². The number of hydrogen-bond acceptors (Lipinski definition) is 3. The molecule has 0 spiro atoms. The van der Waals surface area contributed by atoms with Crippen LogP contribution in [0.4, 0.5) is 0 Å². The molecule has 2 aromatic heterocycles. The molecule has 5 nitrogen and oxygen atoms in total. The largest absolute Gasteiger partial charge is 0.360 e. The molecule has 0 bridgehead atoms. The van der Waals surface area contributed by atoms with E-state index in [1.54, 1.807) is 6.21 Å². The van der Waals surface area contributed by atoms with Crippen molar-refractivity contribution in [2.75, 3.05) is 0 Å². The predicted octanol–water partition coefficient (Wildman–Crippen LogP) is 0.488. The second-order valence-electron chi connectivity index (χ2n) is 2.21. The van der Waals surface area contributed by atoms with Gasteiger partial charge in [0.25, 0.3) is 0 Å². The standard InChI is InChI=1S/C7H7N5/c1-2-7(8-3-1)4-11-12-5-9-10-6-12/h1-6,8H. The Morgan fingerprint density at radius 3 is 2.92 bits per heavy atom. The summed E-state index contributed by atoms with van der Waals surface area (Å²) in [6.45, 7) is 0. The van der Waals surface area contributed by atoms with Crippen LogP contribution in [0.25, 0.3) is 0 Å². The molecule has 0 aliphatic carbocycles. The lowest BCUT2D eigenvalue weighted by Crippen LogP contribution is -1.86. The summed E-state index contributed by atoms with van der Waals surface area (Å²) in [7, 11) is 0. The van der Waals surface area contributed by atoms with Crippen LogP contribution in [0.15, 0.2) is 36.1 Å². The second kappa shape index (κ2) is 3.00. The summed E-state index contributed by atoms with van der Waals surface area (Å²) in [5.74, 6) is 0. The third-order valence-electron chi connectivity index (χ3n) is 1.36. The van der Waals surface area contributed by atoms with Crippen molar-refractivity contribution in [1.29, 1.82) is 0 Å². The highest BCUT2D eigenvalue weighted by molar-refractivity contribution is 5.76. The van der Waals surface area contributed by atoms with Crippen molar-refractivity contribution in [2.24, 2.45) is 5.10 Å². The van der Waals surface area contributed by atoms with Crippen LogP contribution in [0, 0.1) is 0 Å². The van der Waals surface area contributed by atoms with Crippen LogP contribution in [-0.4, -0.2) is 26.1 Å². The number of aromatic amines is 1. The van der Waals surface area contributed by atoms with E-state index in [0.717, 1.165) is 5.69 Å². The maximum absolute atomic E-state index is 4.04. The van der Waals surface area contributed by atoms with Gasteiger partial charge in [0.05, 0.1) is 11.9 Å². The Bertz CT molecular complexity index is 309. The first-order valence-electron chi connectivity index (χ1n) is 3.47. The normalized spacial score (nSPS) is 11.0. The van der Waals surface area contributed by atoms with Gasteiger partial charge in [-0.25, -0.2) is 4.68 Å². The van der Waals surface area contributed by atoms with Crippen molar-refractivity contribution in [3.05, 3.63) is 36.7 Å². The van der Waals surface area contributed by atoms with E-state index >= 15 is 0 Å². The highest BCUT2D eigenvalue weighted by atomic mass is 15.4. The van der Waals surface area contributed by atoms with Crippen molar-refractivity contribution in [1.82, 2.24) is 19.9 Å². The molecule has 5 heteroatoms. The van der Waals surface area contributed by atoms with Crippen LogP contribution in [0.2, 0.25) is 0 Å². The quantitative estimate of drug-likeness (QED) is 0.651. The van der Waals surface area contributed by atoms with Gasteiger partial charge in [0, 0.05) is 6.20 Å². The van der Waals surface area contributed by atoms with E-state index in [-0.39, 0.29) is 0 Å². The zero-order valence-corrected chi connectivity index (χ0v) is 6.25. The van der Waals surface area contributed by atoms with Crippen LogP contribution in [0.5, 0.6) is 0 Å². The van der Waals surface area contributed by atoms with E-state index in [1.165, 1.54) is 17.3 Å². The SMILES string of the molecule is C(=Nn1cnnc1)c1ccc[nH]1. The van der Waals surface area contributed by atoms with Gasteiger partial charge in [0.2, 0.25) is 0 Å². The third-order valence-corrected chi connectivity index (χ3v) is 1.36. The Balaban J connectivity index is 2.14. The lowest BCUT2D eigenvalue weighted by molar-refractivity contribution is 0.877. The van der Waals surface area contributed by atoms with Gasteiger partial charge in [0.1, 0.15) is 12.7 Å². The molecule has 2 aromatic rings. The van der Waals surface area contributed by atoms with E-state index in [4.69, 9.17) is 0 Å². The number of rotatable bonds is 2. The lowest BCUT2D eigenvalue weighted by Gasteiger charge is -1.86. The third kappa shape index (κ3) is 1.39. The summed E-state index contributed by atoms with van der Waals surface area (Å²) in [6, 6.07) is 3.83. The van der Waals surface area contributed by atoms with Gasteiger partial charge >= 0.3 is 0 Å². The molecule has 0 fully saturated rings. The highest BCUT2D eigenvalue weighted by Crippen LogP contribution is 1.89. The first kappa shape index (κ1) is 6.78. The maximum atomic E-state index is 4.04. The molecule has 0 atom stereocenters. The predicted molar refractivity (Wildman–Crippen MR) is 43.8 cm³/mol. The van der Waals surface area contributed by atoms with Crippen LogP contribution < -0.4 is 0 Å². The van der Waals surface area contributed by atoms with Gasteiger partial charge in [-0.05, 0) is 12.1 Å². The van der Waals surface area contributed by atoms with Crippen molar-refractivity contribution in [3.63, 3.8) is 0 Å². The molecule has 1 N–H and O–H groups in total. The fourth-order valence-corrected chi connectivity index (χ4v) is 0.808. The molecular formula is C7H7N5. The number of hydrogen-bond donors (Lipinski definition) is 1. The van der Waals surface area contributed by atoms with E-state index in [9.17, 15) is 0 Å². The molecule has 0 aliphatic rings. The maximum Gasteiger partial charge on any atom is 0.141 e. The molecule has 0 radical (unpaired) electrons. The summed E-state index contributed by atoms with van der Waals surface area (Å²) in [5, 5.41) is 11.3. The van der Waals surface area contributed by atoms with Crippen molar-refractivity contribution in [3.8, 4) is 0 Å². The van der Waals surface area contributed by atoms with Gasteiger partial charge < -0.3 is 4.98 Å². The van der Waals surface area contributed by atoms with E-state index < -0.39 is 0 Å². The Hall–Kier alpha value is -1.91. The summed E-state index contributed by atoms with van der Waals surface area (Å²) >= 11 is 0. The summed E-state index contributed by atoms with van der Waals surface area (Å²) in [5.41, 5.74) is 0.948. The molecular weight excluding hydrogens is 154 g/mol. The molecule has 12 heavy (non-hydrogen) atoms. The number of nitrogens with zero attached hydrogens (tertiary/aromatic N) is 4. The monoisotopic (exact) mass is 161 g/mol. The molecule has 2 rings (SSSR count). The Morgan fingerprint density at radius 1 is 1.42 bits per heavy atom. The van der Waals surface area contributed by atoms with Gasteiger partial charge in [0.15, 0.2) is 0 Å². The Kier molecular flexibility index (Phi) is 1.69. The molecule has 60 valence electrons. The lowest BCUT2D eigenvalue weighted by atomic mass is 10.5. The molecule has 0 saturated carbocycles. The van der Waals surface area contributed by atoms with Crippen LogP contribution >= 0.6 is 0 Å². The fourth-order valence-electron chi connectivity index (χ4n) is 0.808. The minimum absolute atomic E-state index is 0.948. The molecule has 2 heterocycles. The minimum atomic E-state index is 0.948. The molecule has 0 aromatic carbocycles. The fraction of sp³-hybridized carbons (Fsp3) is 0. The van der Waals surface area contributed by atoms with Gasteiger partial charge in [-0.3, -0.25) is 0 Å². The van der Waals surface area contributed by atoms with E-state index in [1.807, 2.05) is 18.3 Å². The van der Waals surface area contributed by atoms with E-state index in [2.05, 4.69) is 20.3 Å². The summed E-state index contributed by atoms with van der Waals surface area (Å²) < 4.78 is 1.53. The number of H-pyrrole nitrogens is 1. The van der Waals surface area contributed by atoms with Crippen molar-refractivity contribution in [2.45, 2.75) is 0 Å². The smallest absolute Gasteiger partial charge is 0.141 e.